The van der Waals surface area contributed by atoms with Gasteiger partial charge in [0.05, 0.1) is 51.0 Å². The van der Waals surface area contributed by atoms with Crippen molar-refractivity contribution in [2.45, 2.75) is 25.3 Å². The molecule has 170 valence electrons. The van der Waals surface area contributed by atoms with E-state index < -0.39 is 5.82 Å². The normalized spacial score (nSPS) is 17.3. The van der Waals surface area contributed by atoms with Crippen LogP contribution in [-0.2, 0) is 0 Å². The highest BCUT2D eigenvalue weighted by molar-refractivity contribution is 7.09. The third-order valence-electron chi connectivity index (χ3n) is 5.77. The zero-order valence-electron chi connectivity index (χ0n) is 17.4. The van der Waals surface area contributed by atoms with Crippen molar-refractivity contribution in [2.24, 2.45) is 0 Å². The van der Waals surface area contributed by atoms with Crippen molar-refractivity contribution in [1.82, 2.24) is 49.3 Å². The molecule has 14 heteroatoms. The minimum Gasteiger partial charge on any atom is -0.339 e. The van der Waals surface area contributed by atoms with Crippen molar-refractivity contribution in [3.05, 3.63) is 69.8 Å². The maximum absolute atomic E-state index is 15.2. The second-order valence-electron chi connectivity index (χ2n) is 7.83. The van der Waals surface area contributed by atoms with Crippen LogP contribution in [0.5, 0.6) is 0 Å². The van der Waals surface area contributed by atoms with E-state index in [0.717, 1.165) is 10.6 Å². The number of H-pyrrole nitrogens is 1. The lowest BCUT2D eigenvalue weighted by Gasteiger charge is -2.14. The Morgan fingerprint density at radius 2 is 2.15 bits per heavy atom. The van der Waals surface area contributed by atoms with Gasteiger partial charge in [0.25, 0.3) is 5.56 Å². The molecule has 0 spiro atoms. The van der Waals surface area contributed by atoms with Gasteiger partial charge in [-0.15, -0.1) is 10.2 Å². The first-order chi connectivity index (χ1) is 16.5. The summed E-state index contributed by atoms with van der Waals surface area (Å²) in [6.07, 6.45) is 5.28. The summed E-state index contributed by atoms with van der Waals surface area (Å²) in [5, 5.41) is 14.8. The zero-order valence-corrected chi connectivity index (χ0v) is 19.0. The van der Waals surface area contributed by atoms with E-state index in [4.69, 9.17) is 16.6 Å². The summed E-state index contributed by atoms with van der Waals surface area (Å²) >= 11 is 7.31. The molecule has 5 aromatic rings. The van der Waals surface area contributed by atoms with Gasteiger partial charge in [0.15, 0.2) is 5.82 Å². The molecule has 1 aromatic carbocycles. The molecular weight excluding hydrogens is 483 g/mol. The smallest absolute Gasteiger partial charge is 0.254 e. The molecule has 34 heavy (non-hydrogen) atoms. The molecule has 1 aliphatic heterocycles. The van der Waals surface area contributed by atoms with E-state index in [9.17, 15) is 4.79 Å². The minimum atomic E-state index is -0.706. The molecule has 4 aromatic heterocycles. The second-order valence-corrected chi connectivity index (χ2v) is 9.03. The Labute approximate surface area is 199 Å². The van der Waals surface area contributed by atoms with Crippen LogP contribution in [0.1, 0.15) is 37.0 Å². The van der Waals surface area contributed by atoms with Gasteiger partial charge in [-0.1, -0.05) is 23.0 Å². The summed E-state index contributed by atoms with van der Waals surface area (Å²) in [6, 6.07) is 3.95. The largest absolute Gasteiger partial charge is 0.339 e. The van der Waals surface area contributed by atoms with Crippen LogP contribution in [0.3, 0.4) is 0 Å². The Kier molecular flexibility index (Phi) is 4.81. The minimum absolute atomic E-state index is 0.0499. The summed E-state index contributed by atoms with van der Waals surface area (Å²) in [5.74, 6) is 0.387. The van der Waals surface area contributed by atoms with Crippen molar-refractivity contribution in [2.75, 3.05) is 0 Å². The number of aromatic nitrogens is 10. The molecule has 1 unspecified atom stereocenters. The second kappa shape index (κ2) is 7.88. The van der Waals surface area contributed by atoms with Crippen LogP contribution in [-0.4, -0.2) is 49.3 Å². The van der Waals surface area contributed by atoms with Gasteiger partial charge < -0.3 is 4.98 Å². The molecule has 1 aliphatic rings. The van der Waals surface area contributed by atoms with Crippen molar-refractivity contribution >= 4 is 23.1 Å². The van der Waals surface area contributed by atoms with E-state index in [1.54, 1.807) is 23.0 Å². The first-order valence-electron chi connectivity index (χ1n) is 10.2. The summed E-state index contributed by atoms with van der Waals surface area (Å²) in [5.41, 5.74) is 0.975. The maximum atomic E-state index is 15.2. The van der Waals surface area contributed by atoms with E-state index >= 15 is 4.39 Å². The van der Waals surface area contributed by atoms with Crippen LogP contribution in [0.15, 0.2) is 41.7 Å². The van der Waals surface area contributed by atoms with E-state index in [0.29, 0.717) is 23.8 Å². The predicted molar refractivity (Wildman–Crippen MR) is 120 cm³/mol. The number of hydrogen-bond acceptors (Lipinski definition) is 9. The highest BCUT2D eigenvalue weighted by atomic mass is 35.5. The molecular formula is C20H14ClFN10OS. The predicted octanol–water partition coefficient (Wildman–Crippen LogP) is 3.02. The van der Waals surface area contributed by atoms with Crippen molar-refractivity contribution < 1.29 is 4.39 Å². The van der Waals surface area contributed by atoms with Crippen LogP contribution in [0.2, 0.25) is 5.02 Å². The van der Waals surface area contributed by atoms with Gasteiger partial charge in [-0.2, -0.15) is 4.68 Å². The Morgan fingerprint density at radius 3 is 2.91 bits per heavy atom. The van der Waals surface area contributed by atoms with Crippen LogP contribution in [0, 0.1) is 5.82 Å². The summed E-state index contributed by atoms with van der Waals surface area (Å²) in [6.45, 7) is 1.97. The maximum Gasteiger partial charge on any atom is 0.254 e. The van der Waals surface area contributed by atoms with Crippen LogP contribution >= 0.6 is 23.1 Å². The monoisotopic (exact) mass is 496 g/mol. The van der Waals surface area contributed by atoms with E-state index in [-0.39, 0.29) is 33.8 Å². The zero-order chi connectivity index (χ0) is 23.4. The van der Waals surface area contributed by atoms with Gasteiger partial charge in [0.2, 0.25) is 0 Å². The molecule has 0 aliphatic carbocycles. The topological polar surface area (TPSA) is 133 Å². The average Bonchev–Trinajstić information content (AvgIpc) is 3.62. The highest BCUT2D eigenvalue weighted by Gasteiger charge is 2.34. The standard InChI is InChI=1S/C20H14ClFN10OS/c1-9-4-14(19-23-6-12(26-19)15-7-24-30-34-15)32-16(33)5-11(27-20(9)32)17-13(31-8-25-28-29-31)3-2-10(21)18(17)22/h2-3,5-9,14H,4H2,1H3,(H,23,26)/t9?,14-/m1/s1. The summed E-state index contributed by atoms with van der Waals surface area (Å²) < 4.78 is 22.0. The number of nitrogens with zero attached hydrogens (tertiary/aromatic N) is 9. The number of imidazole rings is 1. The number of fused-ring (bicyclic) bond motifs is 1. The Balaban J connectivity index is 1.47. The fourth-order valence-electron chi connectivity index (χ4n) is 4.24. The summed E-state index contributed by atoms with van der Waals surface area (Å²) in [7, 11) is 0. The number of rotatable bonds is 4. The lowest BCUT2D eigenvalue weighted by atomic mass is 10.1. The molecule has 0 bridgehead atoms. The number of tetrazole rings is 1. The fourth-order valence-corrected chi connectivity index (χ4v) is 4.88. The van der Waals surface area contributed by atoms with Crippen molar-refractivity contribution in [1.29, 1.82) is 0 Å². The molecule has 11 nitrogen and oxygen atoms in total. The van der Waals surface area contributed by atoms with Gasteiger partial charge >= 0.3 is 0 Å². The fraction of sp³-hybridized carbons (Fsp3) is 0.200. The van der Waals surface area contributed by atoms with Gasteiger partial charge in [-0.3, -0.25) is 9.36 Å². The van der Waals surface area contributed by atoms with E-state index in [1.807, 2.05) is 6.92 Å². The van der Waals surface area contributed by atoms with Crippen molar-refractivity contribution in [3.8, 4) is 27.5 Å². The third kappa shape index (κ3) is 3.23. The van der Waals surface area contributed by atoms with Crippen LogP contribution < -0.4 is 5.56 Å². The third-order valence-corrected chi connectivity index (χ3v) is 6.76. The number of aromatic amines is 1. The molecule has 0 saturated carbocycles. The number of benzene rings is 1. The van der Waals surface area contributed by atoms with Gasteiger partial charge in [0, 0.05) is 12.0 Å². The SMILES string of the molecule is CC1C[C@H](c2ncc(-c3cnns3)[nH]2)n2c1nc(-c1c(-n3cnnn3)ccc(Cl)c1F)cc2=O. The quantitative estimate of drug-likeness (QED) is 0.401. The van der Waals surface area contributed by atoms with Crippen molar-refractivity contribution in [3.63, 3.8) is 0 Å². The number of hydrogen-bond donors (Lipinski definition) is 1. The van der Waals surface area contributed by atoms with E-state index in [2.05, 4.69) is 35.1 Å². The molecule has 6 rings (SSSR count). The Hall–Kier alpha value is -3.84. The molecule has 2 atom stereocenters. The molecule has 0 amide bonds. The first kappa shape index (κ1) is 20.7. The van der Waals surface area contributed by atoms with Gasteiger partial charge in [-0.05, 0) is 40.5 Å². The molecule has 0 saturated heterocycles. The van der Waals surface area contributed by atoms with E-state index in [1.165, 1.54) is 34.7 Å². The molecule has 1 N–H and O–H groups in total. The number of halogens is 2. The van der Waals surface area contributed by atoms with Gasteiger partial charge in [-0.25, -0.2) is 14.4 Å². The Morgan fingerprint density at radius 1 is 1.26 bits per heavy atom. The highest BCUT2D eigenvalue weighted by Crippen LogP contribution is 2.39. The summed E-state index contributed by atoms with van der Waals surface area (Å²) in [4.78, 5) is 26.6. The molecule has 5 heterocycles. The van der Waals surface area contributed by atoms with Crippen LogP contribution in [0.25, 0.3) is 27.5 Å². The average molecular weight is 497 g/mol. The lowest BCUT2D eigenvalue weighted by Crippen LogP contribution is -2.25. The lowest BCUT2D eigenvalue weighted by molar-refractivity contribution is 0.555. The molecule has 0 fully saturated rings. The first-order valence-corrected chi connectivity index (χ1v) is 11.3. The van der Waals surface area contributed by atoms with Gasteiger partial charge in [0.1, 0.15) is 18.0 Å². The van der Waals surface area contributed by atoms with Crippen LogP contribution in [0.4, 0.5) is 4.39 Å². The number of nitrogens with one attached hydrogen (secondary N) is 1. The Bertz CT molecular complexity index is 1560. The molecule has 0 radical (unpaired) electrons.